The highest BCUT2D eigenvalue weighted by Gasteiger charge is 2.10. The fourth-order valence-corrected chi connectivity index (χ4v) is 2.19. The minimum atomic E-state index is 0.754. The number of nitrogens with zero attached hydrogens (tertiary/aromatic N) is 1. The number of pyridine rings is 1. The molecule has 0 radical (unpaired) electrons. The molecule has 1 atom stereocenters. The first-order valence-corrected chi connectivity index (χ1v) is 6.15. The highest BCUT2D eigenvalue weighted by atomic mass is 79.9. The van der Waals surface area contributed by atoms with Gasteiger partial charge in [0.05, 0.1) is 4.47 Å². The van der Waals surface area contributed by atoms with Crippen molar-refractivity contribution >= 4 is 21.7 Å². The van der Waals surface area contributed by atoms with E-state index >= 15 is 0 Å². The summed E-state index contributed by atoms with van der Waals surface area (Å²) < 4.78 is 1.04. The molecule has 1 aliphatic carbocycles. The van der Waals surface area contributed by atoms with Crippen LogP contribution in [0.4, 0.5) is 5.82 Å². The van der Waals surface area contributed by atoms with Crippen molar-refractivity contribution in [3.8, 4) is 0 Å². The SMILES string of the molecule is Brc1cccnc1NCC1CC=CCC1. The maximum atomic E-state index is 4.29. The zero-order valence-electron chi connectivity index (χ0n) is 8.62. The molecule has 0 saturated carbocycles. The number of nitrogens with one attached hydrogen (secondary N) is 1. The molecular weight excluding hydrogens is 252 g/mol. The van der Waals surface area contributed by atoms with E-state index in [1.807, 2.05) is 18.3 Å². The van der Waals surface area contributed by atoms with Gasteiger partial charge >= 0.3 is 0 Å². The van der Waals surface area contributed by atoms with Gasteiger partial charge in [-0.05, 0) is 53.2 Å². The lowest BCUT2D eigenvalue weighted by Crippen LogP contribution is -2.16. The normalized spacial score (nSPS) is 20.2. The Morgan fingerprint density at radius 2 is 2.40 bits per heavy atom. The molecule has 1 unspecified atom stereocenters. The molecule has 1 aromatic heterocycles. The monoisotopic (exact) mass is 266 g/mol. The van der Waals surface area contributed by atoms with Crippen LogP contribution in [0.3, 0.4) is 0 Å². The van der Waals surface area contributed by atoms with Gasteiger partial charge in [0.2, 0.25) is 0 Å². The van der Waals surface area contributed by atoms with E-state index in [-0.39, 0.29) is 0 Å². The Labute approximate surface area is 98.9 Å². The summed E-state index contributed by atoms with van der Waals surface area (Å²) >= 11 is 3.48. The average molecular weight is 267 g/mol. The number of aromatic nitrogens is 1. The van der Waals surface area contributed by atoms with Crippen LogP contribution < -0.4 is 5.32 Å². The van der Waals surface area contributed by atoms with Gasteiger partial charge in [-0.1, -0.05) is 12.2 Å². The van der Waals surface area contributed by atoms with Crippen LogP contribution in [0, 0.1) is 5.92 Å². The van der Waals surface area contributed by atoms with Crippen molar-refractivity contribution in [2.45, 2.75) is 19.3 Å². The van der Waals surface area contributed by atoms with Crippen LogP contribution in [0.15, 0.2) is 35.0 Å². The van der Waals surface area contributed by atoms with E-state index in [0.29, 0.717) is 0 Å². The highest BCUT2D eigenvalue weighted by molar-refractivity contribution is 9.10. The molecule has 1 N–H and O–H groups in total. The summed E-state index contributed by atoms with van der Waals surface area (Å²) in [4.78, 5) is 4.29. The van der Waals surface area contributed by atoms with E-state index < -0.39 is 0 Å². The number of allylic oxidation sites excluding steroid dienone is 2. The molecule has 0 aromatic carbocycles. The fraction of sp³-hybridized carbons (Fsp3) is 0.417. The van der Waals surface area contributed by atoms with Crippen molar-refractivity contribution in [1.29, 1.82) is 0 Å². The summed E-state index contributed by atoms with van der Waals surface area (Å²) in [6.07, 6.45) is 10.1. The molecule has 1 heterocycles. The van der Waals surface area contributed by atoms with Crippen LogP contribution in [-0.4, -0.2) is 11.5 Å². The topological polar surface area (TPSA) is 24.9 Å². The number of anilines is 1. The predicted octanol–water partition coefficient (Wildman–Crippen LogP) is 3.61. The molecule has 0 saturated heterocycles. The van der Waals surface area contributed by atoms with E-state index in [0.717, 1.165) is 22.8 Å². The molecule has 15 heavy (non-hydrogen) atoms. The zero-order valence-corrected chi connectivity index (χ0v) is 10.2. The lowest BCUT2D eigenvalue weighted by Gasteiger charge is -2.18. The third-order valence-corrected chi connectivity index (χ3v) is 3.33. The van der Waals surface area contributed by atoms with Gasteiger partial charge in [-0.2, -0.15) is 0 Å². The second-order valence-electron chi connectivity index (χ2n) is 3.87. The molecule has 80 valence electrons. The fourth-order valence-electron chi connectivity index (χ4n) is 1.80. The number of hydrogen-bond donors (Lipinski definition) is 1. The number of hydrogen-bond acceptors (Lipinski definition) is 2. The first-order valence-electron chi connectivity index (χ1n) is 5.35. The molecule has 0 aliphatic heterocycles. The Kier molecular flexibility index (Phi) is 3.78. The van der Waals surface area contributed by atoms with E-state index in [1.165, 1.54) is 19.3 Å². The van der Waals surface area contributed by atoms with Crippen molar-refractivity contribution in [2.24, 2.45) is 5.92 Å². The van der Waals surface area contributed by atoms with Gasteiger partial charge in [-0.25, -0.2) is 4.98 Å². The Morgan fingerprint density at radius 1 is 1.47 bits per heavy atom. The molecule has 0 fully saturated rings. The molecule has 0 amide bonds. The Hall–Kier alpha value is -0.830. The van der Waals surface area contributed by atoms with Crippen LogP contribution in [0.5, 0.6) is 0 Å². The molecule has 2 nitrogen and oxygen atoms in total. The van der Waals surface area contributed by atoms with E-state index in [1.54, 1.807) is 0 Å². The predicted molar refractivity (Wildman–Crippen MR) is 66.9 cm³/mol. The Balaban J connectivity index is 1.87. The van der Waals surface area contributed by atoms with Gasteiger partial charge in [-0.15, -0.1) is 0 Å². The Bertz CT molecular complexity index is 349. The highest BCUT2D eigenvalue weighted by Crippen LogP contribution is 2.21. The van der Waals surface area contributed by atoms with Gasteiger partial charge in [0.1, 0.15) is 5.82 Å². The largest absolute Gasteiger partial charge is 0.369 e. The van der Waals surface area contributed by atoms with Gasteiger partial charge in [0.25, 0.3) is 0 Å². The molecule has 0 bridgehead atoms. The molecule has 0 spiro atoms. The number of halogens is 1. The maximum Gasteiger partial charge on any atom is 0.140 e. The van der Waals surface area contributed by atoms with E-state index in [4.69, 9.17) is 0 Å². The van der Waals surface area contributed by atoms with Gasteiger partial charge in [-0.3, -0.25) is 0 Å². The van der Waals surface area contributed by atoms with Gasteiger partial charge < -0.3 is 5.32 Å². The maximum absolute atomic E-state index is 4.29. The summed E-state index contributed by atoms with van der Waals surface area (Å²) in [6.45, 7) is 1.01. The minimum Gasteiger partial charge on any atom is -0.369 e. The average Bonchev–Trinajstić information content (AvgIpc) is 2.29. The first-order chi connectivity index (χ1) is 7.36. The van der Waals surface area contributed by atoms with Gasteiger partial charge in [0.15, 0.2) is 0 Å². The molecule has 2 rings (SSSR count). The molecular formula is C12H15BrN2. The van der Waals surface area contributed by atoms with Gasteiger partial charge in [0, 0.05) is 12.7 Å². The summed E-state index contributed by atoms with van der Waals surface area (Å²) in [7, 11) is 0. The van der Waals surface area contributed by atoms with Crippen LogP contribution in [0.25, 0.3) is 0 Å². The third kappa shape index (κ3) is 3.06. The lowest BCUT2D eigenvalue weighted by atomic mass is 9.94. The van der Waals surface area contributed by atoms with E-state index in [9.17, 15) is 0 Å². The van der Waals surface area contributed by atoms with E-state index in [2.05, 4.69) is 38.4 Å². The smallest absolute Gasteiger partial charge is 0.140 e. The second-order valence-corrected chi connectivity index (χ2v) is 4.72. The summed E-state index contributed by atoms with van der Waals surface area (Å²) in [5.41, 5.74) is 0. The quantitative estimate of drug-likeness (QED) is 0.846. The lowest BCUT2D eigenvalue weighted by molar-refractivity contribution is 0.503. The van der Waals surface area contributed by atoms with Crippen molar-refractivity contribution in [1.82, 2.24) is 4.98 Å². The zero-order chi connectivity index (χ0) is 10.5. The number of rotatable bonds is 3. The summed E-state index contributed by atoms with van der Waals surface area (Å²) in [6, 6.07) is 3.94. The molecule has 3 heteroatoms. The molecule has 1 aliphatic rings. The minimum absolute atomic E-state index is 0.754. The van der Waals surface area contributed by atoms with Crippen molar-refractivity contribution in [3.63, 3.8) is 0 Å². The Morgan fingerprint density at radius 3 is 3.13 bits per heavy atom. The third-order valence-electron chi connectivity index (χ3n) is 2.69. The first kappa shape index (κ1) is 10.7. The van der Waals surface area contributed by atoms with Crippen molar-refractivity contribution in [2.75, 3.05) is 11.9 Å². The van der Waals surface area contributed by atoms with Crippen LogP contribution in [-0.2, 0) is 0 Å². The van der Waals surface area contributed by atoms with Crippen molar-refractivity contribution < 1.29 is 0 Å². The van der Waals surface area contributed by atoms with Crippen LogP contribution >= 0.6 is 15.9 Å². The van der Waals surface area contributed by atoms with Crippen LogP contribution in [0.2, 0.25) is 0 Å². The van der Waals surface area contributed by atoms with Crippen molar-refractivity contribution in [3.05, 3.63) is 35.0 Å². The summed E-state index contributed by atoms with van der Waals surface area (Å²) in [5.74, 6) is 1.70. The summed E-state index contributed by atoms with van der Waals surface area (Å²) in [5, 5.41) is 3.39. The van der Waals surface area contributed by atoms with Crippen LogP contribution in [0.1, 0.15) is 19.3 Å². The second kappa shape index (κ2) is 5.31. The molecule has 1 aromatic rings. The standard InChI is InChI=1S/C12H15BrN2/c13-11-7-4-8-14-12(11)15-9-10-5-2-1-3-6-10/h1-2,4,7-8,10H,3,5-6,9H2,(H,14,15).